The number of sulfonamides is 1. The Kier molecular flexibility index (Phi) is 7.23. The normalized spacial score (nSPS) is 13.1. The minimum Gasteiger partial charge on any atom is -0.359 e. The van der Waals surface area contributed by atoms with Crippen molar-refractivity contribution in [1.82, 2.24) is 15.0 Å². The summed E-state index contributed by atoms with van der Waals surface area (Å²) in [6.07, 6.45) is -4.47. The van der Waals surface area contributed by atoms with Crippen LogP contribution in [0.3, 0.4) is 0 Å². The molecule has 0 aliphatic rings. The summed E-state index contributed by atoms with van der Waals surface area (Å²) >= 11 is 0. The predicted molar refractivity (Wildman–Crippen MR) is 128 cm³/mol. The fourth-order valence-electron chi connectivity index (χ4n) is 2.93. The number of hydrogen-bond donors (Lipinski definition) is 3. The molecule has 1 atom stereocenters. The molecular weight excluding hydrogens is 481 g/mol. The molecular formula is C23H25F3N6O2S. The van der Waals surface area contributed by atoms with Crippen LogP contribution in [0.15, 0.2) is 41.3 Å². The van der Waals surface area contributed by atoms with Crippen LogP contribution in [0.1, 0.15) is 45.0 Å². The summed E-state index contributed by atoms with van der Waals surface area (Å²) in [5, 5.41) is 10.4. The second-order valence-corrected chi connectivity index (χ2v) is 10.5. The van der Waals surface area contributed by atoms with Gasteiger partial charge in [0.15, 0.2) is 5.82 Å². The number of nitrogens with two attached hydrogens (primary N) is 1. The number of primary sulfonamides is 1. The van der Waals surface area contributed by atoms with Gasteiger partial charge in [0.25, 0.3) is 0 Å². The molecule has 35 heavy (non-hydrogen) atoms. The van der Waals surface area contributed by atoms with Crippen LogP contribution in [-0.4, -0.2) is 36.1 Å². The zero-order valence-electron chi connectivity index (χ0n) is 19.5. The lowest BCUT2D eigenvalue weighted by Crippen LogP contribution is -2.22. The van der Waals surface area contributed by atoms with E-state index in [-0.39, 0.29) is 27.6 Å². The van der Waals surface area contributed by atoms with Crippen molar-refractivity contribution in [2.45, 2.75) is 44.8 Å². The maximum atomic E-state index is 12.9. The average Bonchev–Trinajstić information content (AvgIpc) is 2.74. The largest absolute Gasteiger partial charge is 0.405 e. The number of nitrogens with zero attached hydrogens (tertiary/aromatic N) is 3. The van der Waals surface area contributed by atoms with Crippen LogP contribution < -0.4 is 15.8 Å². The molecule has 0 fully saturated rings. The third kappa shape index (κ3) is 7.53. The summed E-state index contributed by atoms with van der Waals surface area (Å²) in [6.45, 7) is 6.26. The maximum Gasteiger partial charge on any atom is 0.405 e. The number of rotatable bonds is 6. The molecule has 186 valence electrons. The molecule has 1 unspecified atom stereocenters. The molecule has 0 spiro atoms. The number of nitrogens with one attached hydrogen (secondary N) is 2. The summed E-state index contributed by atoms with van der Waals surface area (Å²) in [6, 6.07) is 8.73. The van der Waals surface area contributed by atoms with Crippen molar-refractivity contribution < 1.29 is 21.6 Å². The predicted octanol–water partition coefficient (Wildman–Crippen LogP) is 4.22. The molecule has 0 saturated heterocycles. The first-order valence-corrected chi connectivity index (χ1v) is 12.1. The highest BCUT2D eigenvalue weighted by Crippen LogP contribution is 2.25. The van der Waals surface area contributed by atoms with Gasteiger partial charge in [-0.05, 0) is 63.4 Å². The fourth-order valence-corrected chi connectivity index (χ4v) is 3.45. The number of hydrogen-bond acceptors (Lipinski definition) is 7. The van der Waals surface area contributed by atoms with Crippen molar-refractivity contribution in [1.29, 1.82) is 0 Å². The van der Waals surface area contributed by atoms with E-state index >= 15 is 0 Å². The highest BCUT2D eigenvalue weighted by atomic mass is 32.2. The van der Waals surface area contributed by atoms with Crippen molar-refractivity contribution >= 4 is 32.8 Å². The van der Waals surface area contributed by atoms with Crippen LogP contribution in [0.25, 0.3) is 11.0 Å². The lowest BCUT2D eigenvalue weighted by atomic mass is 9.98. The summed E-state index contributed by atoms with van der Waals surface area (Å²) in [5.41, 5.74) is 1.28. The maximum absolute atomic E-state index is 12.9. The van der Waals surface area contributed by atoms with Gasteiger partial charge >= 0.3 is 6.18 Å². The molecule has 0 aliphatic heterocycles. The Morgan fingerprint density at radius 2 is 1.69 bits per heavy atom. The van der Waals surface area contributed by atoms with Gasteiger partial charge < -0.3 is 10.6 Å². The highest BCUT2D eigenvalue weighted by Gasteiger charge is 2.27. The standard InChI is InChI=1S/C23H25F3N6O2S/c1-14(15-5-8-17(9-6-15)35(27,33)34)29-21-31-18-10-7-16(11-12-22(2,3)4)30-19(18)20(32-21)28-13-23(24,25)26/h5-10,14H,13H2,1-4H3,(H2,27,33,34)(H2,28,29,31,32). The van der Waals surface area contributed by atoms with Crippen LogP contribution in [0.5, 0.6) is 0 Å². The fraction of sp³-hybridized carbons (Fsp3) is 0.348. The quantitative estimate of drug-likeness (QED) is 0.428. The molecule has 2 aromatic heterocycles. The van der Waals surface area contributed by atoms with E-state index in [4.69, 9.17) is 5.14 Å². The molecule has 0 bridgehead atoms. The first-order chi connectivity index (χ1) is 16.1. The Balaban J connectivity index is 1.96. The van der Waals surface area contributed by atoms with Crippen molar-refractivity contribution in [3.8, 4) is 11.8 Å². The Bertz CT molecular complexity index is 1390. The van der Waals surface area contributed by atoms with Crippen molar-refractivity contribution in [3.63, 3.8) is 0 Å². The number of pyridine rings is 1. The second kappa shape index (κ2) is 9.67. The van der Waals surface area contributed by atoms with E-state index in [2.05, 4.69) is 37.4 Å². The zero-order chi connectivity index (χ0) is 26.0. The minimum atomic E-state index is -4.47. The molecule has 0 amide bonds. The molecule has 3 rings (SSSR count). The van der Waals surface area contributed by atoms with Gasteiger partial charge in [0.2, 0.25) is 16.0 Å². The topological polar surface area (TPSA) is 123 Å². The number of halogens is 3. The molecule has 1 aromatic carbocycles. The van der Waals surface area contributed by atoms with Crippen molar-refractivity contribution in [2.24, 2.45) is 10.6 Å². The van der Waals surface area contributed by atoms with E-state index in [9.17, 15) is 21.6 Å². The van der Waals surface area contributed by atoms with E-state index in [1.165, 1.54) is 12.1 Å². The van der Waals surface area contributed by atoms with Gasteiger partial charge in [0.1, 0.15) is 17.8 Å². The van der Waals surface area contributed by atoms with Crippen LogP contribution in [0.2, 0.25) is 0 Å². The van der Waals surface area contributed by atoms with Gasteiger partial charge in [-0.2, -0.15) is 18.2 Å². The molecule has 0 saturated carbocycles. The first-order valence-electron chi connectivity index (χ1n) is 10.5. The highest BCUT2D eigenvalue weighted by molar-refractivity contribution is 7.89. The molecule has 0 aliphatic carbocycles. The molecule has 3 aromatic rings. The SMILES string of the molecule is CC(Nc1nc(NCC(F)(F)F)c2nc(C#CC(C)(C)C)ccc2n1)c1ccc(S(N)(=O)=O)cc1. The summed E-state index contributed by atoms with van der Waals surface area (Å²) in [4.78, 5) is 12.9. The number of aromatic nitrogens is 3. The Hall–Kier alpha value is -3.43. The number of benzene rings is 1. The van der Waals surface area contributed by atoms with Crippen LogP contribution >= 0.6 is 0 Å². The third-order valence-electron chi connectivity index (χ3n) is 4.62. The first kappa shape index (κ1) is 26.2. The van der Waals surface area contributed by atoms with Gasteiger partial charge in [-0.25, -0.2) is 23.5 Å². The van der Waals surface area contributed by atoms with Crippen LogP contribution in [0, 0.1) is 17.3 Å². The van der Waals surface area contributed by atoms with Crippen LogP contribution in [0.4, 0.5) is 24.9 Å². The van der Waals surface area contributed by atoms with Crippen molar-refractivity contribution in [3.05, 3.63) is 47.7 Å². The van der Waals surface area contributed by atoms with Gasteiger partial charge in [-0.3, -0.25) is 0 Å². The van der Waals surface area contributed by atoms with Gasteiger partial charge in [0, 0.05) is 5.41 Å². The molecule has 2 heterocycles. The number of fused-ring (bicyclic) bond motifs is 1. The van der Waals surface area contributed by atoms with Gasteiger partial charge in [-0.15, -0.1) is 0 Å². The smallest absolute Gasteiger partial charge is 0.359 e. The molecule has 0 radical (unpaired) electrons. The second-order valence-electron chi connectivity index (χ2n) is 8.91. The monoisotopic (exact) mass is 506 g/mol. The molecule has 8 nitrogen and oxygen atoms in total. The average molecular weight is 507 g/mol. The number of anilines is 2. The van der Waals surface area contributed by atoms with E-state index in [0.29, 0.717) is 16.8 Å². The molecule has 12 heteroatoms. The van der Waals surface area contributed by atoms with E-state index < -0.39 is 28.8 Å². The summed E-state index contributed by atoms with van der Waals surface area (Å²) in [5.74, 6) is 5.94. The zero-order valence-corrected chi connectivity index (χ0v) is 20.3. The van der Waals surface area contributed by atoms with Crippen molar-refractivity contribution in [2.75, 3.05) is 17.2 Å². The Morgan fingerprint density at radius 3 is 2.26 bits per heavy atom. The Morgan fingerprint density at radius 1 is 1.03 bits per heavy atom. The van der Waals surface area contributed by atoms with Gasteiger partial charge in [0.05, 0.1) is 16.5 Å². The lowest BCUT2D eigenvalue weighted by Gasteiger charge is -2.17. The third-order valence-corrected chi connectivity index (χ3v) is 5.55. The lowest BCUT2D eigenvalue weighted by molar-refractivity contribution is -0.115. The van der Waals surface area contributed by atoms with E-state index in [1.54, 1.807) is 31.2 Å². The summed E-state index contributed by atoms with van der Waals surface area (Å²) in [7, 11) is -3.83. The minimum absolute atomic E-state index is 0.0366. The summed E-state index contributed by atoms with van der Waals surface area (Å²) < 4.78 is 61.6. The number of alkyl halides is 3. The van der Waals surface area contributed by atoms with Gasteiger partial charge in [-0.1, -0.05) is 18.1 Å². The van der Waals surface area contributed by atoms with E-state index in [0.717, 1.165) is 0 Å². The Labute approximate surface area is 201 Å². The van der Waals surface area contributed by atoms with E-state index in [1.807, 2.05) is 20.8 Å². The molecule has 4 N–H and O–H groups in total. The van der Waals surface area contributed by atoms with Crippen LogP contribution in [-0.2, 0) is 10.0 Å².